The third kappa shape index (κ3) is 3.73. The van der Waals surface area contributed by atoms with Gasteiger partial charge in [0.2, 0.25) is 0 Å². The second-order valence-electron chi connectivity index (χ2n) is 4.40. The maximum atomic E-state index is 11.8. The van der Waals surface area contributed by atoms with Gasteiger partial charge in [0.1, 0.15) is 0 Å². The molecular weight excluding hydrogens is 260 g/mol. The van der Waals surface area contributed by atoms with Crippen molar-refractivity contribution in [2.24, 2.45) is 0 Å². The predicted molar refractivity (Wildman–Crippen MR) is 80.0 cm³/mol. The zero-order chi connectivity index (χ0) is 13.8. The number of hydrogen-bond donors (Lipinski definition) is 2. The largest absolute Gasteiger partial charge is 0.323 e. The first kappa shape index (κ1) is 13.4. The second kappa shape index (κ2) is 5.76. The summed E-state index contributed by atoms with van der Waals surface area (Å²) in [6.07, 6.45) is 0. The Morgan fingerprint density at radius 3 is 2.32 bits per heavy atom. The van der Waals surface area contributed by atoms with Crippen LogP contribution in [-0.4, -0.2) is 6.03 Å². The maximum absolute atomic E-state index is 11.8. The summed E-state index contributed by atoms with van der Waals surface area (Å²) in [5.41, 5.74) is 3.70. The molecule has 0 heterocycles. The predicted octanol–water partition coefficient (Wildman–Crippen LogP) is 4.60. The Bertz CT molecular complexity index is 594. The number of aryl methyl sites for hydroxylation is 2. The van der Waals surface area contributed by atoms with Crippen LogP contribution in [0.3, 0.4) is 0 Å². The Morgan fingerprint density at radius 2 is 1.68 bits per heavy atom. The van der Waals surface area contributed by atoms with Gasteiger partial charge >= 0.3 is 6.03 Å². The molecule has 2 aromatic carbocycles. The highest BCUT2D eigenvalue weighted by atomic mass is 35.5. The normalized spacial score (nSPS) is 10.1. The minimum absolute atomic E-state index is 0.269. The molecule has 0 saturated carbocycles. The number of hydrogen-bond acceptors (Lipinski definition) is 1. The Morgan fingerprint density at radius 1 is 1.00 bits per heavy atom. The molecule has 0 atom stereocenters. The smallest absolute Gasteiger partial charge is 0.308 e. The van der Waals surface area contributed by atoms with Crippen molar-refractivity contribution in [2.75, 3.05) is 10.6 Å². The average Bonchev–Trinajstić information content (AvgIpc) is 2.36. The van der Waals surface area contributed by atoms with Crippen molar-refractivity contribution in [3.63, 3.8) is 0 Å². The molecule has 0 spiro atoms. The van der Waals surface area contributed by atoms with Crippen LogP contribution < -0.4 is 10.6 Å². The van der Waals surface area contributed by atoms with Gasteiger partial charge in [0, 0.05) is 16.4 Å². The minimum Gasteiger partial charge on any atom is -0.308 e. The average molecular weight is 275 g/mol. The minimum atomic E-state index is -0.269. The number of carbonyl (C=O) groups excluding carboxylic acids is 1. The third-order valence-corrected chi connectivity index (χ3v) is 2.98. The number of anilines is 2. The lowest BCUT2D eigenvalue weighted by Gasteiger charge is -2.10. The molecule has 3 nitrogen and oxygen atoms in total. The van der Waals surface area contributed by atoms with E-state index in [1.54, 1.807) is 24.3 Å². The topological polar surface area (TPSA) is 41.1 Å². The Labute approximate surface area is 117 Å². The van der Waals surface area contributed by atoms with Crippen LogP contribution in [-0.2, 0) is 0 Å². The van der Waals surface area contributed by atoms with Crippen molar-refractivity contribution < 1.29 is 4.79 Å². The summed E-state index contributed by atoms with van der Waals surface area (Å²) < 4.78 is 0. The fraction of sp³-hybridized carbons (Fsp3) is 0.133. The van der Waals surface area contributed by atoms with E-state index in [9.17, 15) is 4.79 Å². The summed E-state index contributed by atoms with van der Waals surface area (Å²) in [5, 5.41) is 6.21. The molecule has 0 aromatic heterocycles. The standard InChI is InChI=1S/C15H15ClN2O/c1-10-3-8-14(11(2)9-10)18-15(19)17-13-6-4-12(16)5-7-13/h3-9H,1-2H3,(H2,17,18,19). The number of rotatable bonds is 2. The highest BCUT2D eigenvalue weighted by Crippen LogP contribution is 2.17. The first-order chi connectivity index (χ1) is 9.04. The van der Waals surface area contributed by atoms with Crippen LogP contribution in [0.25, 0.3) is 0 Å². The van der Waals surface area contributed by atoms with Crippen molar-refractivity contribution in [1.82, 2.24) is 0 Å². The van der Waals surface area contributed by atoms with Gasteiger partial charge in [-0.05, 0) is 49.7 Å². The number of carbonyl (C=O) groups is 1. The number of nitrogens with one attached hydrogen (secondary N) is 2. The van der Waals surface area contributed by atoms with Gasteiger partial charge in [0.05, 0.1) is 0 Å². The van der Waals surface area contributed by atoms with Gasteiger partial charge in [0.15, 0.2) is 0 Å². The third-order valence-electron chi connectivity index (χ3n) is 2.73. The Kier molecular flexibility index (Phi) is 4.07. The fourth-order valence-electron chi connectivity index (χ4n) is 1.77. The quantitative estimate of drug-likeness (QED) is 0.825. The summed E-state index contributed by atoms with van der Waals surface area (Å²) in [6.45, 7) is 3.98. The fourth-order valence-corrected chi connectivity index (χ4v) is 1.90. The van der Waals surface area contributed by atoms with Crippen molar-refractivity contribution in [3.8, 4) is 0 Å². The van der Waals surface area contributed by atoms with Crippen molar-refractivity contribution in [2.45, 2.75) is 13.8 Å². The zero-order valence-corrected chi connectivity index (χ0v) is 11.6. The van der Waals surface area contributed by atoms with E-state index >= 15 is 0 Å². The van der Waals surface area contributed by atoms with Crippen LogP contribution >= 0.6 is 11.6 Å². The molecule has 4 heteroatoms. The summed E-state index contributed by atoms with van der Waals surface area (Å²) in [7, 11) is 0. The van der Waals surface area contributed by atoms with Crippen LogP contribution in [0.2, 0.25) is 5.02 Å². The van der Waals surface area contributed by atoms with Gasteiger partial charge in [-0.15, -0.1) is 0 Å². The van der Waals surface area contributed by atoms with Crippen molar-refractivity contribution in [3.05, 3.63) is 58.6 Å². The number of benzene rings is 2. The molecule has 0 aliphatic heterocycles. The number of urea groups is 1. The Balaban J connectivity index is 2.03. The molecule has 0 aliphatic rings. The van der Waals surface area contributed by atoms with Crippen LogP contribution in [0.1, 0.15) is 11.1 Å². The van der Waals surface area contributed by atoms with Gasteiger partial charge in [-0.3, -0.25) is 0 Å². The van der Waals surface area contributed by atoms with Gasteiger partial charge in [-0.1, -0.05) is 29.3 Å². The Hall–Kier alpha value is -2.00. The molecule has 98 valence electrons. The van der Waals surface area contributed by atoms with Crippen LogP contribution in [0.4, 0.5) is 16.2 Å². The lowest BCUT2D eigenvalue weighted by atomic mass is 10.1. The lowest BCUT2D eigenvalue weighted by molar-refractivity contribution is 0.262. The molecule has 0 radical (unpaired) electrons. The molecule has 2 amide bonds. The maximum Gasteiger partial charge on any atom is 0.323 e. The van der Waals surface area contributed by atoms with Crippen LogP contribution in [0, 0.1) is 13.8 Å². The highest BCUT2D eigenvalue weighted by Gasteiger charge is 2.04. The van der Waals surface area contributed by atoms with E-state index in [1.807, 2.05) is 32.0 Å². The highest BCUT2D eigenvalue weighted by molar-refractivity contribution is 6.30. The molecule has 0 unspecified atom stereocenters. The number of amides is 2. The molecule has 2 aromatic rings. The second-order valence-corrected chi connectivity index (χ2v) is 4.84. The lowest BCUT2D eigenvalue weighted by Crippen LogP contribution is -2.19. The van der Waals surface area contributed by atoms with E-state index in [4.69, 9.17) is 11.6 Å². The monoisotopic (exact) mass is 274 g/mol. The first-order valence-electron chi connectivity index (χ1n) is 5.95. The van der Waals surface area contributed by atoms with E-state index in [0.717, 1.165) is 11.3 Å². The van der Waals surface area contributed by atoms with E-state index in [0.29, 0.717) is 10.7 Å². The first-order valence-corrected chi connectivity index (χ1v) is 6.33. The molecule has 0 saturated heterocycles. The van der Waals surface area contributed by atoms with Crippen molar-refractivity contribution >= 4 is 29.0 Å². The van der Waals surface area contributed by atoms with Crippen LogP contribution in [0.5, 0.6) is 0 Å². The molecule has 2 N–H and O–H groups in total. The van der Waals surface area contributed by atoms with E-state index in [2.05, 4.69) is 10.6 Å². The molecule has 0 fully saturated rings. The van der Waals surface area contributed by atoms with Crippen LogP contribution in [0.15, 0.2) is 42.5 Å². The SMILES string of the molecule is Cc1ccc(NC(=O)Nc2ccc(Cl)cc2)c(C)c1. The van der Waals surface area contributed by atoms with E-state index < -0.39 is 0 Å². The van der Waals surface area contributed by atoms with Gasteiger partial charge < -0.3 is 10.6 Å². The van der Waals surface area contributed by atoms with E-state index in [1.165, 1.54) is 5.56 Å². The molecule has 2 rings (SSSR count). The zero-order valence-electron chi connectivity index (χ0n) is 10.8. The van der Waals surface area contributed by atoms with Gasteiger partial charge in [-0.25, -0.2) is 4.79 Å². The van der Waals surface area contributed by atoms with Crippen molar-refractivity contribution in [1.29, 1.82) is 0 Å². The summed E-state index contributed by atoms with van der Waals surface area (Å²) in [4.78, 5) is 11.8. The van der Waals surface area contributed by atoms with E-state index in [-0.39, 0.29) is 6.03 Å². The molecule has 0 aliphatic carbocycles. The summed E-state index contributed by atoms with van der Waals surface area (Å²) in [6, 6.07) is 12.6. The molecular formula is C15H15ClN2O. The molecule has 19 heavy (non-hydrogen) atoms. The summed E-state index contributed by atoms with van der Waals surface area (Å²) in [5.74, 6) is 0. The number of halogens is 1. The summed E-state index contributed by atoms with van der Waals surface area (Å²) >= 11 is 5.79. The van der Waals surface area contributed by atoms with Gasteiger partial charge in [0.25, 0.3) is 0 Å². The van der Waals surface area contributed by atoms with Gasteiger partial charge in [-0.2, -0.15) is 0 Å². The molecule has 0 bridgehead atoms.